The number of carbonyl (C=O) groups is 1. The number of halogens is 1. The van der Waals surface area contributed by atoms with E-state index >= 15 is 0 Å². The summed E-state index contributed by atoms with van der Waals surface area (Å²) in [4.78, 5) is 41.5. The summed E-state index contributed by atoms with van der Waals surface area (Å²) >= 11 is 0. The lowest BCUT2D eigenvalue weighted by molar-refractivity contribution is -0.384. The third kappa shape index (κ3) is 7.40. The number of esters is 1. The van der Waals surface area contributed by atoms with Crippen LogP contribution >= 0.6 is 7.75 Å². The fourth-order valence-electron chi connectivity index (χ4n) is 3.56. The summed E-state index contributed by atoms with van der Waals surface area (Å²) in [7, 11) is -4.42. The molecular weight excluding hydrogens is 546 g/mol. The minimum Gasteiger partial charge on any atom is -0.465 e. The molecule has 0 radical (unpaired) electrons. The molecule has 7 atom stereocenters. The zero-order chi connectivity index (χ0) is 28.9. The molecule has 0 spiro atoms. The van der Waals surface area contributed by atoms with Crippen LogP contribution < -0.4 is 16.5 Å². The molecule has 4 N–H and O–H groups in total. The molecule has 18 heteroatoms. The van der Waals surface area contributed by atoms with Gasteiger partial charge in [-0.2, -0.15) is 4.98 Å². The molecule has 16 nitrogen and oxygen atoms in total. The molecule has 1 saturated heterocycles. The molecular formula is C21H28FN6O10P. The molecule has 1 fully saturated rings. The number of ether oxygens (including phenoxy) is 2. The topological polar surface area (TPSA) is 220 Å². The number of benzene rings is 1. The minimum absolute atomic E-state index is 0.0473. The Morgan fingerprint density at radius 1 is 1.38 bits per heavy atom. The Morgan fingerprint density at radius 2 is 2.05 bits per heavy atom. The number of hydrogen-bond donors (Lipinski definition) is 3. The first-order chi connectivity index (χ1) is 18.3. The van der Waals surface area contributed by atoms with Gasteiger partial charge in [0, 0.05) is 12.1 Å². The van der Waals surface area contributed by atoms with Gasteiger partial charge in [0.25, 0.3) is 5.69 Å². The van der Waals surface area contributed by atoms with E-state index in [1.165, 1.54) is 38.1 Å². The number of nitro benzene ring substituents is 1. The van der Waals surface area contributed by atoms with Gasteiger partial charge in [-0.05, 0) is 38.5 Å². The first-order valence-corrected chi connectivity index (χ1v) is 13.2. The number of nitrogen functional groups attached to an aromatic ring is 1. The number of carbonyl (C=O) groups excluding carboxylic acids is 1. The molecule has 1 aromatic heterocycles. The van der Waals surface area contributed by atoms with Crippen molar-refractivity contribution in [3.05, 3.63) is 56.8 Å². The molecule has 1 aliphatic rings. The molecule has 2 heterocycles. The zero-order valence-electron chi connectivity index (χ0n) is 21.1. The summed E-state index contributed by atoms with van der Waals surface area (Å²) in [6.45, 7) is 3.75. The van der Waals surface area contributed by atoms with Gasteiger partial charge in [0.2, 0.25) is 5.95 Å². The van der Waals surface area contributed by atoms with Crippen molar-refractivity contribution in [2.24, 2.45) is 0 Å². The summed E-state index contributed by atoms with van der Waals surface area (Å²) in [5, 5.41) is 23.7. The van der Waals surface area contributed by atoms with Crippen molar-refractivity contribution in [1.29, 1.82) is 0 Å². The van der Waals surface area contributed by atoms with Crippen LogP contribution in [0.25, 0.3) is 0 Å². The van der Waals surface area contributed by atoms with Crippen molar-refractivity contribution in [1.82, 2.24) is 19.6 Å². The van der Waals surface area contributed by atoms with E-state index in [4.69, 9.17) is 24.3 Å². The van der Waals surface area contributed by atoms with Gasteiger partial charge < -0.3 is 20.3 Å². The Bertz CT molecular complexity index is 1280. The summed E-state index contributed by atoms with van der Waals surface area (Å²) in [6.07, 6.45) is -7.06. The van der Waals surface area contributed by atoms with Gasteiger partial charge in [-0.1, -0.05) is 0 Å². The smallest absolute Gasteiger partial charge is 0.406 e. The molecule has 1 aromatic carbocycles. The highest BCUT2D eigenvalue weighted by atomic mass is 31.2. The number of non-ortho nitro benzene ring substituents is 1. The average molecular weight is 574 g/mol. The van der Waals surface area contributed by atoms with Crippen LogP contribution in [0.4, 0.5) is 16.0 Å². The number of nitro groups is 1. The number of rotatable bonds is 12. The van der Waals surface area contributed by atoms with Crippen LogP contribution in [-0.4, -0.2) is 68.2 Å². The molecule has 0 bridgehead atoms. The fourth-order valence-corrected chi connectivity index (χ4v) is 5.22. The van der Waals surface area contributed by atoms with Gasteiger partial charge in [-0.25, -0.2) is 23.8 Å². The molecule has 214 valence electrons. The molecule has 6 unspecified atom stereocenters. The van der Waals surface area contributed by atoms with Crippen molar-refractivity contribution in [2.45, 2.75) is 57.5 Å². The highest BCUT2D eigenvalue weighted by molar-refractivity contribution is 7.51. The number of nitrogens with two attached hydrogens (primary N) is 1. The zero-order valence-corrected chi connectivity index (χ0v) is 22.0. The predicted octanol–water partition coefficient (Wildman–Crippen LogP) is 1.17. The molecule has 0 aliphatic carbocycles. The number of aliphatic hydroxyl groups is 1. The van der Waals surface area contributed by atoms with Crippen molar-refractivity contribution in [2.75, 3.05) is 18.9 Å². The Morgan fingerprint density at radius 3 is 2.64 bits per heavy atom. The molecule has 1 aliphatic heterocycles. The van der Waals surface area contributed by atoms with Gasteiger partial charge in [-0.3, -0.25) is 28.5 Å². The van der Waals surface area contributed by atoms with Crippen LogP contribution in [-0.2, 0) is 27.9 Å². The lowest BCUT2D eigenvalue weighted by atomic mass is 10.1. The third-order valence-corrected chi connectivity index (χ3v) is 7.37. The van der Waals surface area contributed by atoms with E-state index in [9.17, 15) is 33.8 Å². The lowest BCUT2D eigenvalue weighted by Gasteiger charge is -2.26. The third-order valence-electron chi connectivity index (χ3n) is 5.58. The largest absolute Gasteiger partial charge is 0.465 e. The van der Waals surface area contributed by atoms with Gasteiger partial charge in [0.15, 0.2) is 12.4 Å². The van der Waals surface area contributed by atoms with Crippen LogP contribution in [0, 0.1) is 10.1 Å². The predicted molar refractivity (Wildman–Crippen MR) is 131 cm³/mol. The highest BCUT2D eigenvalue weighted by Crippen LogP contribution is 2.49. The van der Waals surface area contributed by atoms with Crippen LogP contribution in [0.3, 0.4) is 0 Å². The van der Waals surface area contributed by atoms with E-state index < -0.39 is 67.7 Å². The Hall–Kier alpha value is -3.34. The van der Waals surface area contributed by atoms with Crippen LogP contribution in [0.2, 0.25) is 0 Å². The second kappa shape index (κ2) is 12.7. The number of anilines is 1. The lowest BCUT2D eigenvalue weighted by Crippen LogP contribution is -2.36. The molecule has 0 saturated carbocycles. The average Bonchev–Trinajstić information content (AvgIpc) is 3.16. The first kappa shape index (κ1) is 30.2. The monoisotopic (exact) mass is 574 g/mol. The number of alkyl halides is 1. The van der Waals surface area contributed by atoms with E-state index in [0.29, 0.717) is 10.1 Å². The quantitative estimate of drug-likeness (QED) is 0.140. The Labute approximate surface area is 221 Å². The Kier molecular flexibility index (Phi) is 9.82. The van der Waals surface area contributed by atoms with E-state index in [-0.39, 0.29) is 18.2 Å². The van der Waals surface area contributed by atoms with Crippen LogP contribution in [0.15, 0.2) is 35.4 Å². The van der Waals surface area contributed by atoms with Crippen molar-refractivity contribution in [3.63, 3.8) is 0 Å². The SMILES string of the molecule is CCOC(=O)[C@H](C)NP(=O)(OCC1OC(n2cnc(N)nc2=O)C(F)C1O)OC(C)c1ccc([N+](=O)[O-])cc1. The Balaban J connectivity index is 1.78. The fraction of sp³-hybridized carbons (Fsp3) is 0.524. The van der Waals surface area contributed by atoms with Crippen LogP contribution in [0.1, 0.15) is 38.7 Å². The van der Waals surface area contributed by atoms with Gasteiger partial charge in [0.05, 0.1) is 24.2 Å². The standard InChI is InChI=1S/C21H28FN6O10P/c1-4-35-19(30)11(2)26-39(34,38-12(3)13-5-7-14(8-6-13)28(32)33)36-9-15-17(29)16(22)18(37-15)27-10-24-20(23)25-21(27)31/h5-8,10-12,15-18,29H,4,9H2,1-3H3,(H,26,34)(H2,23,25,31)/t11-,12?,15?,16?,17?,18?,39?/m0/s1. The van der Waals surface area contributed by atoms with Gasteiger partial charge in [-0.15, -0.1) is 0 Å². The summed E-state index contributed by atoms with van der Waals surface area (Å²) in [5.41, 5.74) is 4.58. The number of hydrogen-bond acceptors (Lipinski definition) is 13. The first-order valence-electron chi connectivity index (χ1n) is 11.6. The summed E-state index contributed by atoms with van der Waals surface area (Å²) in [5.74, 6) is -1.11. The van der Waals surface area contributed by atoms with Crippen molar-refractivity contribution >= 4 is 25.4 Å². The maximum atomic E-state index is 14.8. The van der Waals surface area contributed by atoms with E-state index in [0.717, 1.165) is 6.33 Å². The second-order valence-corrected chi connectivity index (χ2v) is 10.1. The van der Waals surface area contributed by atoms with E-state index in [1.54, 1.807) is 6.92 Å². The molecule has 39 heavy (non-hydrogen) atoms. The second-order valence-electron chi connectivity index (χ2n) is 8.40. The number of aromatic nitrogens is 3. The maximum absolute atomic E-state index is 14.8. The van der Waals surface area contributed by atoms with Crippen molar-refractivity contribution in [3.8, 4) is 0 Å². The van der Waals surface area contributed by atoms with Gasteiger partial charge >= 0.3 is 19.4 Å². The number of nitrogens with zero attached hydrogens (tertiary/aromatic N) is 4. The highest BCUT2D eigenvalue weighted by Gasteiger charge is 2.47. The van der Waals surface area contributed by atoms with E-state index in [2.05, 4.69) is 15.1 Å². The molecule has 0 amide bonds. The van der Waals surface area contributed by atoms with Gasteiger partial charge in [0.1, 0.15) is 24.6 Å². The summed E-state index contributed by atoms with van der Waals surface area (Å²) in [6, 6.07) is 4.04. The molecule has 3 rings (SSSR count). The minimum atomic E-state index is -4.42. The van der Waals surface area contributed by atoms with Crippen LogP contribution in [0.5, 0.6) is 0 Å². The number of nitrogens with one attached hydrogen (secondary N) is 1. The maximum Gasteiger partial charge on any atom is 0.406 e. The normalized spacial score (nSPS) is 24.0. The van der Waals surface area contributed by atoms with E-state index in [1.807, 2.05) is 0 Å². The number of aliphatic hydroxyl groups excluding tert-OH is 1. The summed E-state index contributed by atoms with van der Waals surface area (Å²) < 4.78 is 50.6. The van der Waals surface area contributed by atoms with Crippen molar-refractivity contribution < 1.29 is 42.3 Å². The molecule has 2 aromatic rings.